The van der Waals surface area contributed by atoms with Crippen LogP contribution in [0.3, 0.4) is 0 Å². The van der Waals surface area contributed by atoms with Gasteiger partial charge >= 0.3 is 0 Å². The third kappa shape index (κ3) is 4.74. The van der Waals surface area contributed by atoms with Crippen LogP contribution < -0.4 is 9.47 Å². The molecule has 0 N–H and O–H groups in total. The Bertz CT molecular complexity index is 2530. The number of rotatable bonds is 5. The van der Waals surface area contributed by atoms with Crippen LogP contribution in [0.4, 0.5) is 17.1 Å². The van der Waals surface area contributed by atoms with Gasteiger partial charge in [-0.05, 0) is 104 Å². The van der Waals surface area contributed by atoms with E-state index >= 15 is 0 Å². The number of hydrogen-bond donors (Lipinski definition) is 0. The zero-order chi connectivity index (χ0) is 38.7. The zero-order valence-corrected chi connectivity index (χ0v) is 24.7. The Morgan fingerprint density at radius 1 is 0.689 bits per heavy atom. The molecule has 45 heavy (non-hydrogen) atoms. The third-order valence-corrected chi connectivity index (χ3v) is 8.24. The smallest absolute Gasteiger partial charge is 0.216 e. The van der Waals surface area contributed by atoms with E-state index in [-0.39, 0.29) is 33.4 Å². The van der Waals surface area contributed by atoms with Crippen LogP contribution in [0.5, 0.6) is 0 Å². The normalized spacial score (nSPS) is 15.0. The first-order valence-electron chi connectivity index (χ1n) is 19.0. The number of para-hydroxylation sites is 2. The Kier molecular flexibility index (Phi) is 4.84. The minimum Gasteiger partial charge on any atom is -0.455 e. The lowest BCUT2D eigenvalue weighted by Gasteiger charge is -2.27. The molecule has 0 bridgehead atoms. The van der Waals surface area contributed by atoms with Crippen molar-refractivity contribution in [2.24, 2.45) is 7.05 Å². The van der Waals surface area contributed by atoms with E-state index in [1.165, 1.54) is 6.07 Å². The van der Waals surface area contributed by atoms with Gasteiger partial charge in [-0.25, -0.2) is 4.57 Å². The van der Waals surface area contributed by atoms with Crippen molar-refractivity contribution in [3.05, 3.63) is 143 Å². The molecular weight excluding hydrogens is 550 g/mol. The molecule has 0 saturated heterocycles. The predicted molar refractivity (Wildman–Crippen MR) is 184 cm³/mol. The number of furan rings is 1. The fraction of sp³-hybridized carbons (Fsp3) is 0.122. The van der Waals surface area contributed by atoms with Crippen molar-refractivity contribution < 1.29 is 21.3 Å². The minimum atomic E-state index is -2.72. The van der Waals surface area contributed by atoms with Crippen molar-refractivity contribution in [3.63, 3.8) is 0 Å². The van der Waals surface area contributed by atoms with E-state index in [2.05, 4.69) is 0 Å². The van der Waals surface area contributed by atoms with Crippen molar-refractivity contribution >= 4 is 39.0 Å². The quantitative estimate of drug-likeness (QED) is 0.187. The minimum absolute atomic E-state index is 0.0108. The molecule has 0 unspecified atom stereocenters. The van der Waals surface area contributed by atoms with E-state index in [1.54, 1.807) is 43.6 Å². The lowest BCUT2D eigenvalue weighted by atomic mass is 9.93. The van der Waals surface area contributed by atoms with Gasteiger partial charge in [-0.2, -0.15) is 5.26 Å². The van der Waals surface area contributed by atoms with Gasteiger partial charge in [-0.15, -0.1) is 0 Å². The molecule has 2 aromatic heterocycles. The number of anilines is 3. The van der Waals surface area contributed by atoms with Crippen LogP contribution in [-0.4, -0.2) is 0 Å². The lowest BCUT2D eigenvalue weighted by Crippen LogP contribution is -2.30. The van der Waals surface area contributed by atoms with Crippen molar-refractivity contribution in [2.75, 3.05) is 4.90 Å². The lowest BCUT2D eigenvalue weighted by molar-refractivity contribution is -0.660. The van der Waals surface area contributed by atoms with Crippen molar-refractivity contribution in [1.82, 2.24) is 0 Å². The van der Waals surface area contributed by atoms with Crippen LogP contribution in [-0.2, 0) is 7.05 Å². The Morgan fingerprint density at radius 3 is 1.96 bits per heavy atom. The molecule has 218 valence electrons. The fourth-order valence-corrected chi connectivity index (χ4v) is 6.06. The molecule has 0 radical (unpaired) electrons. The number of benzene rings is 5. The van der Waals surface area contributed by atoms with Gasteiger partial charge in [0.1, 0.15) is 18.2 Å². The molecule has 0 aliphatic carbocycles. The highest BCUT2D eigenvalue weighted by molar-refractivity contribution is 6.11. The second kappa shape index (κ2) is 11.1. The zero-order valence-electron chi connectivity index (χ0n) is 33.7. The van der Waals surface area contributed by atoms with Crippen LogP contribution in [0.2, 0.25) is 0 Å². The first-order valence-corrected chi connectivity index (χ1v) is 14.5. The number of fused-ring (bicyclic) bond motifs is 3. The second-order valence-corrected chi connectivity index (χ2v) is 11.0. The number of aryl methyl sites for hydroxylation is 5. The molecule has 0 aliphatic heterocycles. The number of pyridine rings is 1. The van der Waals surface area contributed by atoms with Crippen LogP contribution in [0.1, 0.15) is 40.2 Å². The summed E-state index contributed by atoms with van der Waals surface area (Å²) in [5.41, 5.74) is 4.20. The second-order valence-electron chi connectivity index (χ2n) is 11.0. The Labute approximate surface area is 276 Å². The molecule has 2 heterocycles. The summed E-state index contributed by atoms with van der Waals surface area (Å²) in [7, 11) is 1.80. The van der Waals surface area contributed by atoms with Gasteiger partial charge in [0.25, 0.3) is 0 Å². The molecule has 4 nitrogen and oxygen atoms in total. The molecule has 7 rings (SSSR count). The SMILES string of the molecule is [2H]C([2H])([2H])c1cc(N(c2ccccc2)c2ccccc2)cc(C([2H])([2H])[2H])c1-c1cc[n+](C)c(-c2c(C)ccc3c2oc2c(C([2H])([2H])[2H])c(C#N)ccc23)c1. The first-order chi connectivity index (χ1) is 25.5. The van der Waals surface area contributed by atoms with Crippen LogP contribution in [0, 0.1) is 38.8 Å². The average molecular weight is 594 g/mol. The molecule has 5 aromatic carbocycles. The van der Waals surface area contributed by atoms with E-state index in [0.29, 0.717) is 38.9 Å². The van der Waals surface area contributed by atoms with E-state index < -0.39 is 20.6 Å². The van der Waals surface area contributed by atoms with Crippen molar-refractivity contribution in [2.45, 2.75) is 27.5 Å². The van der Waals surface area contributed by atoms with Crippen LogP contribution in [0.15, 0.2) is 120 Å². The maximum atomic E-state index is 9.76. The number of hydrogen-bond acceptors (Lipinski definition) is 3. The summed E-state index contributed by atoms with van der Waals surface area (Å²) in [5, 5.41) is 10.9. The highest BCUT2D eigenvalue weighted by atomic mass is 16.3. The summed E-state index contributed by atoms with van der Waals surface area (Å²) >= 11 is 0. The average Bonchev–Trinajstić information content (AvgIpc) is 3.49. The first kappa shape index (κ1) is 19.6. The maximum absolute atomic E-state index is 9.76. The summed E-state index contributed by atoms with van der Waals surface area (Å²) in [6, 6.07) is 34.0. The van der Waals surface area contributed by atoms with E-state index in [1.807, 2.05) is 95.3 Å². The summed E-state index contributed by atoms with van der Waals surface area (Å²) in [6.07, 6.45) is 1.73. The molecule has 7 aromatic rings. The summed E-state index contributed by atoms with van der Waals surface area (Å²) in [5.74, 6) is 0. The van der Waals surface area contributed by atoms with E-state index in [4.69, 9.17) is 16.8 Å². The van der Waals surface area contributed by atoms with Gasteiger partial charge in [0.2, 0.25) is 5.69 Å². The Balaban J connectivity index is 1.52. The van der Waals surface area contributed by atoms with Gasteiger partial charge in [0, 0.05) is 57.9 Å². The van der Waals surface area contributed by atoms with Gasteiger partial charge < -0.3 is 9.32 Å². The summed E-state index contributed by atoms with van der Waals surface area (Å²) in [4.78, 5) is 1.83. The monoisotopic (exact) mass is 593 g/mol. The van der Waals surface area contributed by atoms with Crippen molar-refractivity contribution in [1.29, 1.82) is 5.26 Å². The third-order valence-electron chi connectivity index (χ3n) is 8.24. The van der Waals surface area contributed by atoms with Gasteiger partial charge in [-0.1, -0.05) is 48.5 Å². The number of aromatic nitrogens is 1. The summed E-state index contributed by atoms with van der Waals surface area (Å²) < 4.78 is 85.1. The van der Waals surface area contributed by atoms with E-state index in [0.717, 1.165) is 16.9 Å². The summed E-state index contributed by atoms with van der Waals surface area (Å²) in [6.45, 7) is -6.20. The van der Waals surface area contributed by atoms with Crippen molar-refractivity contribution in [3.8, 4) is 28.5 Å². The number of nitrogens with zero attached hydrogens (tertiary/aromatic N) is 3. The van der Waals surface area contributed by atoms with Gasteiger partial charge in [0.05, 0.1) is 17.2 Å². The molecule has 0 aliphatic rings. The van der Waals surface area contributed by atoms with Crippen LogP contribution in [0.25, 0.3) is 44.3 Å². The molecular formula is C41H34N3O+. The van der Waals surface area contributed by atoms with Gasteiger partial charge in [0.15, 0.2) is 6.20 Å². The fourth-order valence-electron chi connectivity index (χ4n) is 6.06. The maximum Gasteiger partial charge on any atom is 0.216 e. The van der Waals surface area contributed by atoms with E-state index in [9.17, 15) is 5.26 Å². The molecule has 0 spiro atoms. The Morgan fingerprint density at radius 2 is 1.33 bits per heavy atom. The largest absolute Gasteiger partial charge is 0.455 e. The highest BCUT2D eigenvalue weighted by Gasteiger charge is 2.24. The van der Waals surface area contributed by atoms with Crippen LogP contribution >= 0.6 is 0 Å². The molecule has 4 heteroatoms. The molecule has 0 atom stereocenters. The molecule has 0 fully saturated rings. The molecule has 0 amide bonds. The van der Waals surface area contributed by atoms with Gasteiger partial charge in [-0.3, -0.25) is 0 Å². The predicted octanol–water partition coefficient (Wildman–Crippen LogP) is 10.3. The topological polar surface area (TPSA) is 44.0 Å². The highest BCUT2D eigenvalue weighted by Crippen LogP contribution is 2.41. The Hall–Kier alpha value is -5.66. The standard InChI is InChI=1S/C41H34N3O/c1-26-16-18-36-35-19-17-31(25-42)29(4)40(35)45-41(36)39(26)37-24-30(20-21-43(37)5)38-27(2)22-34(23-28(38)3)44(32-12-8-6-9-13-32)33-14-10-7-11-15-33/h6-24H,1-5H3/q+1/i2D3,3D3,4D3. The molecule has 0 saturated carbocycles. The number of nitriles is 1.